The van der Waals surface area contributed by atoms with Crippen molar-refractivity contribution in [3.63, 3.8) is 0 Å². The molecule has 5 nitrogen and oxygen atoms in total. The van der Waals surface area contributed by atoms with Crippen molar-refractivity contribution in [1.29, 1.82) is 5.26 Å². The summed E-state index contributed by atoms with van der Waals surface area (Å²) in [4.78, 5) is 22.5. The molecule has 116 valence electrons. The number of nitrogens with zero attached hydrogens (tertiary/aromatic N) is 1. The molecule has 23 heavy (non-hydrogen) atoms. The molecule has 0 saturated carbocycles. The van der Waals surface area contributed by atoms with Gasteiger partial charge in [-0.25, -0.2) is 0 Å². The molecule has 0 aliphatic rings. The van der Waals surface area contributed by atoms with Crippen LogP contribution in [0.25, 0.3) is 11.1 Å². The Balaban J connectivity index is 2.60. The van der Waals surface area contributed by atoms with E-state index < -0.39 is 17.9 Å². The summed E-state index contributed by atoms with van der Waals surface area (Å²) >= 11 is 0. The average Bonchev–Trinajstić information content (AvgIpc) is 2.45. The monoisotopic (exact) mass is 309 g/mol. The van der Waals surface area contributed by atoms with E-state index in [4.69, 9.17) is 15.5 Å². The van der Waals surface area contributed by atoms with Gasteiger partial charge in [-0.1, -0.05) is 23.8 Å². The summed E-state index contributed by atoms with van der Waals surface area (Å²) in [7, 11) is 0. The Bertz CT molecular complexity index is 819. The molecule has 0 heterocycles. The number of hydrogen-bond donors (Lipinski definition) is 2. The first-order valence-corrected chi connectivity index (χ1v) is 6.92. The van der Waals surface area contributed by atoms with E-state index in [0.717, 1.165) is 22.3 Å². The molecule has 0 amide bonds. The van der Waals surface area contributed by atoms with Crippen LogP contribution in [-0.2, 0) is 9.59 Å². The van der Waals surface area contributed by atoms with E-state index >= 15 is 0 Å². The lowest BCUT2D eigenvalue weighted by Crippen LogP contribution is -2.21. The fourth-order valence-corrected chi connectivity index (χ4v) is 2.58. The van der Waals surface area contributed by atoms with Crippen LogP contribution in [0.5, 0.6) is 0 Å². The Hall–Kier alpha value is -3.13. The minimum absolute atomic E-state index is 0.226. The number of carbonyl (C=O) groups is 2. The zero-order valence-corrected chi connectivity index (χ0v) is 12.7. The highest BCUT2D eigenvalue weighted by Gasteiger charge is 2.28. The maximum atomic E-state index is 11.2. The van der Waals surface area contributed by atoms with Gasteiger partial charge in [0.2, 0.25) is 0 Å². The summed E-state index contributed by atoms with van der Waals surface area (Å²) in [6.45, 7) is 3.64. The molecule has 0 aliphatic carbocycles. The van der Waals surface area contributed by atoms with Crippen molar-refractivity contribution in [2.45, 2.75) is 19.8 Å². The summed E-state index contributed by atoms with van der Waals surface area (Å²) < 4.78 is 0. The third kappa shape index (κ3) is 3.38. The normalized spacial score (nSPS) is 10.3. The summed E-state index contributed by atoms with van der Waals surface area (Å²) in [5, 5.41) is 27.2. The summed E-state index contributed by atoms with van der Waals surface area (Å²) in [5.74, 6) is -4.40. The van der Waals surface area contributed by atoms with E-state index in [-0.39, 0.29) is 5.56 Å². The van der Waals surface area contributed by atoms with Crippen LogP contribution in [0.4, 0.5) is 0 Å². The van der Waals surface area contributed by atoms with Gasteiger partial charge in [0.25, 0.3) is 0 Å². The number of nitriles is 1. The molecule has 0 radical (unpaired) electrons. The molecule has 5 heteroatoms. The van der Waals surface area contributed by atoms with Crippen LogP contribution in [0.3, 0.4) is 0 Å². The maximum Gasteiger partial charge on any atom is 0.322 e. The molecular formula is C18H15NO4. The van der Waals surface area contributed by atoms with Crippen molar-refractivity contribution in [1.82, 2.24) is 0 Å². The maximum absolute atomic E-state index is 11.2. The average molecular weight is 309 g/mol. The number of rotatable bonds is 4. The van der Waals surface area contributed by atoms with Gasteiger partial charge in [0.05, 0.1) is 11.6 Å². The van der Waals surface area contributed by atoms with E-state index in [2.05, 4.69) is 6.07 Å². The van der Waals surface area contributed by atoms with Crippen LogP contribution < -0.4 is 0 Å². The Morgan fingerprint density at radius 1 is 1.04 bits per heavy atom. The largest absolute Gasteiger partial charge is 0.480 e. The lowest BCUT2D eigenvalue weighted by molar-refractivity contribution is -0.150. The van der Waals surface area contributed by atoms with Crippen LogP contribution in [0, 0.1) is 25.2 Å². The topological polar surface area (TPSA) is 98.4 Å². The van der Waals surface area contributed by atoms with E-state index in [1.807, 2.05) is 13.0 Å². The second kappa shape index (κ2) is 6.32. The molecule has 2 aromatic carbocycles. The molecule has 2 rings (SSSR count). The molecule has 0 saturated heterocycles. The van der Waals surface area contributed by atoms with Crippen LogP contribution in [-0.4, -0.2) is 22.2 Å². The Morgan fingerprint density at radius 3 is 2.22 bits per heavy atom. The third-order valence-electron chi connectivity index (χ3n) is 3.59. The zero-order valence-electron chi connectivity index (χ0n) is 12.7. The van der Waals surface area contributed by atoms with Crippen LogP contribution >= 0.6 is 0 Å². The highest BCUT2D eigenvalue weighted by atomic mass is 16.4. The van der Waals surface area contributed by atoms with Crippen molar-refractivity contribution < 1.29 is 19.8 Å². The van der Waals surface area contributed by atoms with Gasteiger partial charge in [0.15, 0.2) is 5.92 Å². The summed E-state index contributed by atoms with van der Waals surface area (Å²) in [5.41, 5.74) is 3.96. The molecule has 0 aromatic heterocycles. The third-order valence-corrected chi connectivity index (χ3v) is 3.59. The lowest BCUT2D eigenvalue weighted by Gasteiger charge is -2.13. The first kappa shape index (κ1) is 16.2. The van der Waals surface area contributed by atoms with Gasteiger partial charge in [-0.2, -0.15) is 5.26 Å². The number of hydrogen-bond acceptors (Lipinski definition) is 3. The molecular weight excluding hydrogens is 294 g/mol. The van der Waals surface area contributed by atoms with E-state index in [1.165, 1.54) is 0 Å². The Labute approximate surface area is 133 Å². The van der Waals surface area contributed by atoms with Crippen LogP contribution in [0.1, 0.15) is 28.2 Å². The number of aryl methyl sites for hydroxylation is 2. The first-order valence-electron chi connectivity index (χ1n) is 6.92. The van der Waals surface area contributed by atoms with Crippen molar-refractivity contribution in [2.75, 3.05) is 0 Å². The molecule has 0 atom stereocenters. The van der Waals surface area contributed by atoms with Crippen LogP contribution in [0.15, 0.2) is 36.4 Å². The van der Waals surface area contributed by atoms with Crippen molar-refractivity contribution in [2.24, 2.45) is 0 Å². The quantitative estimate of drug-likeness (QED) is 0.846. The van der Waals surface area contributed by atoms with Crippen molar-refractivity contribution in [3.05, 3.63) is 58.7 Å². The minimum Gasteiger partial charge on any atom is -0.480 e. The molecule has 0 bridgehead atoms. The standard InChI is InChI=1S/C18H15NO4/c1-10-5-13(15-4-3-12(9-19)7-11(15)2)8-14(6-10)16(17(20)21)18(22)23/h3-8,16H,1-2H3,(H,20,21)(H,22,23). The highest BCUT2D eigenvalue weighted by molar-refractivity contribution is 5.99. The van der Waals surface area contributed by atoms with Gasteiger partial charge in [0.1, 0.15) is 0 Å². The van der Waals surface area contributed by atoms with Gasteiger partial charge >= 0.3 is 11.9 Å². The van der Waals surface area contributed by atoms with Gasteiger partial charge < -0.3 is 10.2 Å². The fraction of sp³-hybridized carbons (Fsp3) is 0.167. The van der Waals surface area contributed by atoms with Gasteiger partial charge in [-0.15, -0.1) is 0 Å². The Kier molecular flexibility index (Phi) is 4.47. The first-order chi connectivity index (χ1) is 10.8. The molecule has 0 spiro atoms. The molecule has 0 fully saturated rings. The van der Waals surface area contributed by atoms with Crippen molar-refractivity contribution >= 4 is 11.9 Å². The van der Waals surface area contributed by atoms with Crippen LogP contribution in [0.2, 0.25) is 0 Å². The molecule has 2 aromatic rings. The smallest absolute Gasteiger partial charge is 0.322 e. The fourth-order valence-electron chi connectivity index (χ4n) is 2.58. The zero-order chi connectivity index (χ0) is 17.1. The molecule has 2 N–H and O–H groups in total. The minimum atomic E-state index is -1.60. The summed E-state index contributed by atoms with van der Waals surface area (Å²) in [6.07, 6.45) is 0. The van der Waals surface area contributed by atoms with Gasteiger partial charge in [0, 0.05) is 0 Å². The van der Waals surface area contributed by atoms with E-state index in [1.54, 1.807) is 37.3 Å². The van der Waals surface area contributed by atoms with Gasteiger partial charge in [-0.3, -0.25) is 9.59 Å². The van der Waals surface area contributed by atoms with Gasteiger partial charge in [-0.05, 0) is 54.3 Å². The second-order valence-corrected chi connectivity index (χ2v) is 5.38. The highest BCUT2D eigenvalue weighted by Crippen LogP contribution is 2.29. The predicted octanol–water partition coefficient (Wildman–Crippen LogP) is 3.09. The second-order valence-electron chi connectivity index (χ2n) is 5.38. The lowest BCUT2D eigenvalue weighted by atomic mass is 9.91. The van der Waals surface area contributed by atoms with E-state index in [9.17, 15) is 9.59 Å². The summed E-state index contributed by atoms with van der Waals surface area (Å²) in [6, 6.07) is 12.3. The number of carboxylic acid groups (broad SMARTS) is 2. The SMILES string of the molecule is Cc1cc(-c2ccc(C#N)cc2C)cc(C(C(=O)O)C(=O)O)c1. The predicted molar refractivity (Wildman–Crippen MR) is 84.1 cm³/mol. The number of benzene rings is 2. The molecule has 0 aliphatic heterocycles. The molecule has 0 unspecified atom stereocenters. The number of carboxylic acids is 2. The van der Waals surface area contributed by atoms with E-state index in [0.29, 0.717) is 5.56 Å². The van der Waals surface area contributed by atoms with Crippen molar-refractivity contribution in [3.8, 4) is 17.2 Å². The number of aliphatic carboxylic acids is 2. The Morgan fingerprint density at radius 2 is 1.70 bits per heavy atom.